The number of para-hydroxylation sites is 1. The summed E-state index contributed by atoms with van der Waals surface area (Å²) in [5.74, 6) is 1.18. The average molecular weight is 680 g/mol. The van der Waals surface area contributed by atoms with Gasteiger partial charge in [0.25, 0.3) is 10.0 Å². The molecule has 2 aromatic carbocycles. The molecule has 0 aliphatic carbocycles. The summed E-state index contributed by atoms with van der Waals surface area (Å²) in [7, 11) is 0.160. The van der Waals surface area contributed by atoms with Gasteiger partial charge in [-0.2, -0.15) is 7.92 Å². The fourth-order valence-corrected chi connectivity index (χ4v) is 6.62. The molecule has 2 aliphatic rings. The smallest absolute Gasteiger partial charge is 0.251 e. The van der Waals surface area contributed by atoms with Gasteiger partial charge in [-0.15, -0.1) is 0 Å². The topological polar surface area (TPSA) is 128 Å². The van der Waals surface area contributed by atoms with E-state index in [1.54, 1.807) is 48.2 Å². The molecule has 14 heteroatoms. The van der Waals surface area contributed by atoms with Crippen LogP contribution in [0.25, 0.3) is 0 Å². The number of sulfonamides is 1. The van der Waals surface area contributed by atoms with Gasteiger partial charge in [0, 0.05) is 79.9 Å². The Morgan fingerprint density at radius 1 is 0.925 bits per heavy atom. The molecule has 3 aromatic rings. The molecule has 2 fully saturated rings. The second-order valence-corrected chi connectivity index (χ2v) is 12.8. The van der Waals surface area contributed by atoms with E-state index < -0.39 is 10.0 Å². The molecule has 12 nitrogen and oxygen atoms in total. The summed E-state index contributed by atoms with van der Waals surface area (Å²) in [6.45, 7) is 6.64. The van der Waals surface area contributed by atoms with Crippen molar-refractivity contribution in [2.45, 2.75) is 23.8 Å². The van der Waals surface area contributed by atoms with Crippen LogP contribution >= 0.6 is 22.9 Å². The lowest BCUT2D eigenvalue weighted by atomic mass is 10.0. The molecule has 0 atom stereocenters. The summed E-state index contributed by atoms with van der Waals surface area (Å²) in [4.78, 5) is 20.4. The highest BCUT2D eigenvalue weighted by Gasteiger charge is 2.27. The van der Waals surface area contributed by atoms with Crippen molar-refractivity contribution in [3.05, 3.63) is 48.8 Å². The van der Waals surface area contributed by atoms with E-state index in [1.807, 2.05) is 12.1 Å². The minimum atomic E-state index is -3.68. The molecule has 1 aromatic heterocycles. The van der Waals surface area contributed by atoms with E-state index in [2.05, 4.69) is 56.3 Å². The first-order valence-corrected chi connectivity index (χ1v) is 15.7. The Bertz CT molecular complexity index is 1410. The summed E-state index contributed by atoms with van der Waals surface area (Å²) >= 11 is 1.60. The highest BCUT2D eigenvalue weighted by molar-refractivity contribution is 14.1. The molecule has 0 amide bonds. The van der Waals surface area contributed by atoms with Crippen LogP contribution in [-0.4, -0.2) is 92.6 Å². The molecule has 0 spiro atoms. The van der Waals surface area contributed by atoms with Gasteiger partial charge in [0.05, 0.1) is 18.5 Å². The van der Waals surface area contributed by atoms with Crippen LogP contribution in [0.2, 0.25) is 0 Å². The zero-order chi connectivity index (χ0) is 28.1. The molecule has 2 aliphatic heterocycles. The number of aromatic nitrogens is 3. The monoisotopic (exact) mass is 679 g/mol. The normalized spacial score (nSPS) is 17.5. The largest absolute Gasteiger partial charge is 0.494 e. The van der Waals surface area contributed by atoms with Gasteiger partial charge in [-0.05, 0) is 44.2 Å². The zero-order valence-electron chi connectivity index (χ0n) is 22.5. The number of nitrogens with one attached hydrogen (secondary N) is 3. The number of likely N-dealkylation sites (N-methyl/N-ethyl adjacent to an activating group) is 1. The number of benzene rings is 2. The predicted octanol–water partition coefficient (Wildman–Crippen LogP) is 3.21. The molecule has 2 saturated heterocycles. The van der Waals surface area contributed by atoms with Crippen molar-refractivity contribution in [3.63, 3.8) is 0 Å². The Morgan fingerprint density at radius 3 is 2.27 bits per heavy atom. The van der Waals surface area contributed by atoms with E-state index in [0.29, 0.717) is 29.1 Å². The first-order chi connectivity index (χ1) is 19.4. The fourth-order valence-electron chi connectivity index (χ4n) is 5.16. The highest BCUT2D eigenvalue weighted by atomic mass is 127. The number of halogens is 1. The van der Waals surface area contributed by atoms with Crippen LogP contribution in [0.15, 0.2) is 53.7 Å². The van der Waals surface area contributed by atoms with Crippen molar-refractivity contribution in [3.8, 4) is 5.75 Å². The minimum Gasteiger partial charge on any atom is -0.494 e. The molecule has 40 heavy (non-hydrogen) atoms. The maximum absolute atomic E-state index is 12.4. The standard InChI is InChI=1S/C26H34IN9O3S/c1-34-13-15-36(16-14-34)19-9-11-35(12-10-19)20-7-8-21(23(17-20)39-2)30-25-28-18-29-26(32-25)31-22-5-3-4-6-24(22)40(37,38)33-27/h3-8,17-19,33H,9-16H2,1-2H3,(H2,28,29,30,31,32). The number of ether oxygens (including phenoxy) is 1. The summed E-state index contributed by atoms with van der Waals surface area (Å²) < 4.78 is 32.8. The Kier molecular flexibility index (Phi) is 9.20. The number of piperidine rings is 1. The van der Waals surface area contributed by atoms with Crippen LogP contribution in [0.4, 0.5) is 29.0 Å². The van der Waals surface area contributed by atoms with Gasteiger partial charge in [0.1, 0.15) is 17.0 Å². The molecular weight excluding hydrogens is 645 g/mol. The molecule has 0 radical (unpaired) electrons. The van der Waals surface area contributed by atoms with Gasteiger partial charge < -0.3 is 25.2 Å². The number of hydrogen-bond donors (Lipinski definition) is 3. The first kappa shape index (κ1) is 28.7. The minimum absolute atomic E-state index is 0.0872. The van der Waals surface area contributed by atoms with E-state index >= 15 is 0 Å². The van der Waals surface area contributed by atoms with Crippen molar-refractivity contribution < 1.29 is 13.2 Å². The molecular formula is C26H34IN9O3S. The van der Waals surface area contributed by atoms with Crippen LogP contribution in [0.1, 0.15) is 12.8 Å². The van der Waals surface area contributed by atoms with Crippen LogP contribution in [0.5, 0.6) is 5.75 Å². The van der Waals surface area contributed by atoms with Gasteiger partial charge in [-0.1, -0.05) is 12.1 Å². The third kappa shape index (κ3) is 6.74. The number of methoxy groups -OCH3 is 1. The Hall–Kier alpha value is -2.79. The maximum atomic E-state index is 12.4. The van der Waals surface area contributed by atoms with E-state index in [9.17, 15) is 8.42 Å². The molecule has 3 heterocycles. The van der Waals surface area contributed by atoms with E-state index in [0.717, 1.165) is 57.8 Å². The second kappa shape index (κ2) is 12.8. The van der Waals surface area contributed by atoms with Gasteiger partial charge in [-0.25, -0.2) is 18.4 Å². The summed E-state index contributed by atoms with van der Waals surface area (Å²) in [6, 6.07) is 13.3. The van der Waals surface area contributed by atoms with E-state index in [1.165, 1.54) is 12.4 Å². The van der Waals surface area contributed by atoms with Crippen molar-refractivity contribution >= 4 is 61.8 Å². The van der Waals surface area contributed by atoms with Gasteiger partial charge in [0.2, 0.25) is 11.9 Å². The molecule has 0 saturated carbocycles. The quantitative estimate of drug-likeness (QED) is 0.228. The van der Waals surface area contributed by atoms with Crippen molar-refractivity contribution in [2.24, 2.45) is 0 Å². The first-order valence-electron chi connectivity index (χ1n) is 13.2. The third-order valence-corrected chi connectivity index (χ3v) is 10.3. The summed E-state index contributed by atoms with van der Waals surface area (Å²) in [5.41, 5.74) is 2.19. The summed E-state index contributed by atoms with van der Waals surface area (Å²) in [5, 5.41) is 6.18. The Morgan fingerprint density at radius 2 is 1.60 bits per heavy atom. The van der Waals surface area contributed by atoms with Gasteiger partial charge >= 0.3 is 0 Å². The van der Waals surface area contributed by atoms with Gasteiger partial charge in [0.15, 0.2) is 0 Å². The molecule has 0 unspecified atom stereocenters. The van der Waals surface area contributed by atoms with Crippen LogP contribution in [0.3, 0.4) is 0 Å². The van der Waals surface area contributed by atoms with Crippen LogP contribution in [-0.2, 0) is 10.0 Å². The predicted molar refractivity (Wildman–Crippen MR) is 164 cm³/mol. The third-order valence-electron chi connectivity index (χ3n) is 7.41. The van der Waals surface area contributed by atoms with Crippen molar-refractivity contribution in [1.29, 1.82) is 0 Å². The number of nitrogens with zero attached hydrogens (tertiary/aromatic N) is 6. The molecule has 3 N–H and O–H groups in total. The second-order valence-electron chi connectivity index (χ2n) is 9.90. The lowest BCUT2D eigenvalue weighted by molar-refractivity contribution is 0.0982. The molecule has 5 rings (SSSR count). The molecule has 214 valence electrons. The van der Waals surface area contributed by atoms with Crippen molar-refractivity contribution in [2.75, 3.05) is 69.0 Å². The van der Waals surface area contributed by atoms with E-state index in [-0.39, 0.29) is 10.8 Å². The number of anilines is 5. The van der Waals surface area contributed by atoms with Crippen LogP contribution in [0, 0.1) is 0 Å². The number of hydrogen-bond acceptors (Lipinski definition) is 11. The Balaban J connectivity index is 1.25. The van der Waals surface area contributed by atoms with Gasteiger partial charge in [-0.3, -0.25) is 4.90 Å². The maximum Gasteiger partial charge on any atom is 0.251 e. The number of piperazine rings is 1. The summed E-state index contributed by atoms with van der Waals surface area (Å²) in [6.07, 6.45) is 3.67. The number of rotatable bonds is 9. The average Bonchev–Trinajstić information content (AvgIpc) is 2.98. The fraction of sp³-hybridized carbons (Fsp3) is 0.423. The zero-order valence-corrected chi connectivity index (χ0v) is 25.5. The SMILES string of the molecule is COc1cc(N2CCC(N3CCN(C)CC3)CC2)ccc1Nc1ncnc(Nc2ccccc2S(=O)(=O)NI)n1. The lowest BCUT2D eigenvalue weighted by Gasteiger charge is -2.42. The lowest BCUT2D eigenvalue weighted by Crippen LogP contribution is -2.52. The molecule has 0 bridgehead atoms. The van der Waals surface area contributed by atoms with E-state index in [4.69, 9.17) is 4.74 Å². The highest BCUT2D eigenvalue weighted by Crippen LogP contribution is 2.33. The van der Waals surface area contributed by atoms with Crippen molar-refractivity contribution in [1.82, 2.24) is 27.7 Å². The Labute approximate surface area is 249 Å². The van der Waals surface area contributed by atoms with Crippen LogP contribution < -0.4 is 23.2 Å².